The minimum absolute atomic E-state index is 0.292. The Morgan fingerprint density at radius 1 is 1.14 bits per heavy atom. The zero-order valence-corrected chi connectivity index (χ0v) is 16.9. The molecule has 0 bridgehead atoms. The van der Waals surface area contributed by atoms with Gasteiger partial charge in [0.25, 0.3) is 5.91 Å². The summed E-state index contributed by atoms with van der Waals surface area (Å²) in [6.07, 6.45) is 5.07. The number of carbonyl (C=O) groups is 2. The number of anilines is 1. The number of amides is 3. The monoisotopic (exact) mass is 422 g/mol. The summed E-state index contributed by atoms with van der Waals surface area (Å²) in [5.74, 6) is -0.292. The highest BCUT2D eigenvalue weighted by atomic mass is 35.5. The van der Waals surface area contributed by atoms with Gasteiger partial charge in [0.2, 0.25) is 0 Å². The van der Waals surface area contributed by atoms with E-state index in [1.54, 1.807) is 6.20 Å². The van der Waals surface area contributed by atoms with Gasteiger partial charge in [0.05, 0.1) is 23.4 Å². The van der Waals surface area contributed by atoms with Gasteiger partial charge in [0, 0.05) is 32.8 Å². The second-order valence-electron chi connectivity index (χ2n) is 6.88. The number of benzene rings is 1. The highest BCUT2D eigenvalue weighted by Gasteiger charge is 2.46. The number of thioether (sulfide) groups is 1. The van der Waals surface area contributed by atoms with Gasteiger partial charge >= 0.3 is 6.03 Å². The smallest absolute Gasteiger partial charge is 0.329 e. The maximum atomic E-state index is 13.3. The average Bonchev–Trinajstić information content (AvgIpc) is 3.12. The molecule has 29 heavy (non-hydrogen) atoms. The lowest BCUT2D eigenvalue weighted by molar-refractivity contribution is -0.118. The van der Waals surface area contributed by atoms with Crippen molar-refractivity contribution in [2.45, 2.75) is 18.2 Å². The normalized spacial score (nSPS) is 21.2. The van der Waals surface area contributed by atoms with E-state index in [1.165, 1.54) is 18.0 Å². The average molecular weight is 423 g/mol. The van der Waals surface area contributed by atoms with E-state index in [0.29, 0.717) is 16.2 Å². The van der Waals surface area contributed by atoms with Crippen LogP contribution in [0.4, 0.5) is 10.5 Å². The zero-order chi connectivity index (χ0) is 20.1. The van der Waals surface area contributed by atoms with E-state index in [-0.39, 0.29) is 11.9 Å². The number of hydrogen-bond donors (Lipinski definition) is 1. The molecule has 8 heteroatoms. The van der Waals surface area contributed by atoms with E-state index in [1.807, 2.05) is 49.4 Å². The highest BCUT2D eigenvalue weighted by Crippen LogP contribution is 2.44. The summed E-state index contributed by atoms with van der Waals surface area (Å²) in [7, 11) is 0. The van der Waals surface area contributed by atoms with Crippen LogP contribution in [0.3, 0.4) is 0 Å². The summed E-state index contributed by atoms with van der Waals surface area (Å²) >= 11 is 7.73. The van der Waals surface area contributed by atoms with Crippen LogP contribution < -0.4 is 10.2 Å². The van der Waals surface area contributed by atoms with Crippen molar-refractivity contribution in [1.82, 2.24) is 15.3 Å². The molecule has 2 aliphatic rings. The summed E-state index contributed by atoms with van der Waals surface area (Å²) in [5, 5.41) is 3.83. The van der Waals surface area contributed by atoms with E-state index in [0.717, 1.165) is 26.4 Å². The molecule has 0 saturated carbocycles. The first-order valence-corrected chi connectivity index (χ1v) is 10.3. The molecule has 2 aromatic heterocycles. The Labute approximate surface area is 176 Å². The lowest BCUT2D eigenvalue weighted by Gasteiger charge is -2.33. The van der Waals surface area contributed by atoms with Crippen molar-refractivity contribution in [3.05, 3.63) is 71.1 Å². The molecule has 2 unspecified atom stereocenters. The molecule has 0 aliphatic carbocycles. The standard InChI is InChI=1S/C21H15ClN4O2S/c1-11-6-7-12-9-23-10-16(18(12)24-11)26-20(27)19-15(25-21(26)28)8-17(29-19)13-4-2-3-5-14(13)22/h2-10,15,19H,1H3,(H,25,28). The van der Waals surface area contributed by atoms with Crippen LogP contribution in [0.15, 0.2) is 54.9 Å². The molecule has 2 atom stereocenters. The first-order chi connectivity index (χ1) is 14.0. The molecule has 3 amide bonds. The van der Waals surface area contributed by atoms with Crippen LogP contribution in [0.2, 0.25) is 5.02 Å². The number of halogens is 1. The molecule has 1 fully saturated rings. The summed E-state index contributed by atoms with van der Waals surface area (Å²) in [6, 6.07) is 10.3. The molecular weight excluding hydrogens is 408 g/mol. The molecule has 144 valence electrons. The number of nitrogens with one attached hydrogen (secondary N) is 1. The number of nitrogens with zero attached hydrogens (tertiary/aromatic N) is 3. The first-order valence-electron chi connectivity index (χ1n) is 9.02. The number of rotatable bonds is 2. The van der Waals surface area contributed by atoms with Crippen molar-refractivity contribution in [2.24, 2.45) is 0 Å². The zero-order valence-electron chi connectivity index (χ0n) is 15.3. The number of aromatic nitrogens is 2. The highest BCUT2D eigenvalue weighted by molar-refractivity contribution is 8.09. The molecule has 0 radical (unpaired) electrons. The number of fused-ring (bicyclic) bond motifs is 2. The number of hydrogen-bond acceptors (Lipinski definition) is 5. The molecule has 1 N–H and O–H groups in total. The van der Waals surface area contributed by atoms with Crippen LogP contribution in [0, 0.1) is 6.92 Å². The number of pyridine rings is 2. The Kier molecular flexibility index (Phi) is 4.29. The largest absolute Gasteiger partial charge is 0.329 e. The predicted octanol–water partition coefficient (Wildman–Crippen LogP) is 4.17. The third kappa shape index (κ3) is 2.97. The summed E-state index contributed by atoms with van der Waals surface area (Å²) in [6.45, 7) is 1.87. The lowest BCUT2D eigenvalue weighted by Crippen LogP contribution is -2.60. The maximum absolute atomic E-state index is 13.3. The number of imide groups is 1. The topological polar surface area (TPSA) is 75.2 Å². The molecule has 6 nitrogen and oxygen atoms in total. The minimum atomic E-state index is -0.480. The maximum Gasteiger partial charge on any atom is 0.329 e. The van der Waals surface area contributed by atoms with Crippen LogP contribution in [-0.2, 0) is 4.79 Å². The van der Waals surface area contributed by atoms with E-state index in [9.17, 15) is 9.59 Å². The van der Waals surface area contributed by atoms with Gasteiger partial charge in [-0.25, -0.2) is 9.69 Å². The molecular formula is C21H15ClN4O2S. The van der Waals surface area contributed by atoms with Crippen LogP contribution in [0.25, 0.3) is 15.8 Å². The quantitative estimate of drug-likeness (QED) is 0.670. The van der Waals surface area contributed by atoms with Gasteiger partial charge in [0.1, 0.15) is 5.25 Å². The van der Waals surface area contributed by atoms with E-state index in [4.69, 9.17) is 11.6 Å². The van der Waals surface area contributed by atoms with Crippen molar-refractivity contribution < 1.29 is 9.59 Å². The molecule has 1 saturated heterocycles. The SMILES string of the molecule is Cc1ccc2cncc(N3C(=O)NC4C=C(c5ccccc5Cl)SC4C3=O)c2n1. The van der Waals surface area contributed by atoms with Gasteiger partial charge in [-0.2, -0.15) is 0 Å². The third-order valence-electron chi connectivity index (χ3n) is 4.97. The second-order valence-corrected chi connectivity index (χ2v) is 8.47. The molecule has 1 aromatic carbocycles. The van der Waals surface area contributed by atoms with Gasteiger partial charge in [-0.3, -0.25) is 14.8 Å². The molecule has 0 spiro atoms. The predicted molar refractivity (Wildman–Crippen MR) is 115 cm³/mol. The fourth-order valence-electron chi connectivity index (χ4n) is 3.59. The van der Waals surface area contributed by atoms with Gasteiger partial charge < -0.3 is 5.32 Å². The number of aryl methyl sites for hydroxylation is 1. The Hall–Kier alpha value is -2.90. The van der Waals surface area contributed by atoms with Crippen LogP contribution in [-0.4, -0.2) is 33.2 Å². The minimum Gasteiger partial charge on any atom is -0.329 e. The Morgan fingerprint density at radius 3 is 2.79 bits per heavy atom. The van der Waals surface area contributed by atoms with Crippen molar-refractivity contribution in [3.8, 4) is 0 Å². The first kappa shape index (κ1) is 18.1. The molecule has 3 aromatic rings. The van der Waals surface area contributed by atoms with Crippen molar-refractivity contribution in [2.75, 3.05) is 4.90 Å². The number of carbonyl (C=O) groups excluding carboxylic acids is 2. The van der Waals surface area contributed by atoms with Gasteiger partial charge in [-0.15, -0.1) is 11.8 Å². The second kappa shape index (κ2) is 6.86. The third-order valence-corrected chi connectivity index (χ3v) is 6.66. The van der Waals surface area contributed by atoms with Crippen molar-refractivity contribution >= 4 is 56.8 Å². The lowest BCUT2D eigenvalue weighted by atomic mass is 10.1. The fraction of sp³-hybridized carbons (Fsp3) is 0.143. The fourth-order valence-corrected chi connectivity index (χ4v) is 5.18. The Bertz CT molecular complexity index is 1210. The van der Waals surface area contributed by atoms with E-state index in [2.05, 4.69) is 15.3 Å². The van der Waals surface area contributed by atoms with Crippen LogP contribution in [0.1, 0.15) is 11.3 Å². The van der Waals surface area contributed by atoms with Crippen molar-refractivity contribution in [1.29, 1.82) is 0 Å². The van der Waals surface area contributed by atoms with E-state index >= 15 is 0 Å². The molecule has 4 heterocycles. The molecule has 5 rings (SSSR count). The van der Waals surface area contributed by atoms with Crippen molar-refractivity contribution in [3.63, 3.8) is 0 Å². The van der Waals surface area contributed by atoms with Gasteiger partial charge in [0.15, 0.2) is 0 Å². The molecule has 2 aliphatic heterocycles. The number of urea groups is 1. The van der Waals surface area contributed by atoms with Gasteiger partial charge in [-0.1, -0.05) is 29.8 Å². The summed E-state index contributed by atoms with van der Waals surface area (Å²) in [4.78, 5) is 36.9. The summed E-state index contributed by atoms with van der Waals surface area (Å²) in [5.41, 5.74) is 2.61. The Morgan fingerprint density at radius 2 is 1.97 bits per heavy atom. The Balaban J connectivity index is 1.53. The van der Waals surface area contributed by atoms with Crippen LogP contribution >= 0.6 is 23.4 Å². The summed E-state index contributed by atoms with van der Waals surface area (Å²) < 4.78 is 0. The van der Waals surface area contributed by atoms with E-state index < -0.39 is 11.3 Å². The van der Waals surface area contributed by atoms with Gasteiger partial charge in [-0.05, 0) is 31.2 Å². The van der Waals surface area contributed by atoms with Crippen LogP contribution in [0.5, 0.6) is 0 Å².